The van der Waals surface area contributed by atoms with Gasteiger partial charge in [0.2, 0.25) is 0 Å². The van der Waals surface area contributed by atoms with Gasteiger partial charge in [-0.1, -0.05) is 39.0 Å². The molecule has 0 aliphatic rings. The fraction of sp³-hybridized carbons (Fsp3) is 0.562. The van der Waals surface area contributed by atoms with E-state index < -0.39 is 0 Å². The molecule has 1 unspecified atom stereocenters. The third-order valence-corrected chi connectivity index (χ3v) is 2.86. The van der Waals surface area contributed by atoms with Crippen LogP contribution < -0.4 is 5.32 Å². The lowest BCUT2D eigenvalue weighted by Crippen LogP contribution is -2.35. The molecule has 19 heavy (non-hydrogen) atoms. The number of rotatable bonds is 5. The van der Waals surface area contributed by atoms with E-state index in [1.807, 2.05) is 38.1 Å². The first-order valence-corrected chi connectivity index (χ1v) is 6.82. The predicted octanol–water partition coefficient (Wildman–Crippen LogP) is 3.77. The van der Waals surface area contributed by atoms with Gasteiger partial charge in [0.25, 0.3) is 0 Å². The summed E-state index contributed by atoms with van der Waals surface area (Å²) in [6.45, 7) is 10.6. The molecule has 0 amide bonds. The lowest BCUT2D eigenvalue weighted by Gasteiger charge is -2.26. The molecule has 0 bridgehead atoms. The second-order valence-corrected chi connectivity index (χ2v) is 6.03. The van der Waals surface area contributed by atoms with Crippen molar-refractivity contribution in [2.75, 3.05) is 11.9 Å². The van der Waals surface area contributed by atoms with Crippen LogP contribution in [0, 0.1) is 12.3 Å². The number of para-hydroxylation sites is 1. The average Bonchev–Trinajstić information content (AvgIpc) is 2.29. The Hall–Kier alpha value is -1.51. The van der Waals surface area contributed by atoms with Crippen LogP contribution in [-0.4, -0.2) is 18.6 Å². The van der Waals surface area contributed by atoms with Gasteiger partial charge < -0.3 is 10.1 Å². The standard InChI is InChI=1S/C16H25NO2/c1-6-19-15(18)14(11-16(3,4)5)17-13-10-8-7-9-12(13)2/h7-10,14,17H,6,11H2,1-5H3. The van der Waals surface area contributed by atoms with Gasteiger partial charge >= 0.3 is 5.97 Å². The van der Waals surface area contributed by atoms with Gasteiger partial charge in [0.1, 0.15) is 6.04 Å². The van der Waals surface area contributed by atoms with Gasteiger partial charge in [0, 0.05) is 5.69 Å². The summed E-state index contributed by atoms with van der Waals surface area (Å²) in [5, 5.41) is 3.31. The molecule has 0 fully saturated rings. The smallest absolute Gasteiger partial charge is 0.328 e. The minimum atomic E-state index is -0.305. The molecule has 0 saturated heterocycles. The number of hydrogen-bond donors (Lipinski definition) is 1. The quantitative estimate of drug-likeness (QED) is 0.822. The van der Waals surface area contributed by atoms with E-state index in [2.05, 4.69) is 26.1 Å². The molecule has 1 aromatic carbocycles. The molecular weight excluding hydrogens is 238 g/mol. The summed E-state index contributed by atoms with van der Waals surface area (Å²) in [4.78, 5) is 12.1. The van der Waals surface area contributed by atoms with Crippen molar-refractivity contribution in [1.82, 2.24) is 0 Å². The Morgan fingerprint density at radius 1 is 1.32 bits per heavy atom. The number of benzene rings is 1. The molecule has 0 aliphatic carbocycles. The average molecular weight is 263 g/mol. The summed E-state index contributed by atoms with van der Waals surface area (Å²) < 4.78 is 5.16. The number of hydrogen-bond acceptors (Lipinski definition) is 3. The Kier molecular flexibility index (Phi) is 5.40. The van der Waals surface area contributed by atoms with E-state index >= 15 is 0 Å². The predicted molar refractivity (Wildman–Crippen MR) is 79.3 cm³/mol. The fourth-order valence-corrected chi connectivity index (χ4v) is 1.97. The van der Waals surface area contributed by atoms with E-state index in [-0.39, 0.29) is 17.4 Å². The van der Waals surface area contributed by atoms with E-state index in [0.29, 0.717) is 6.61 Å². The van der Waals surface area contributed by atoms with Gasteiger partial charge in [-0.3, -0.25) is 0 Å². The normalized spacial score (nSPS) is 12.9. The van der Waals surface area contributed by atoms with Crippen LogP contribution in [0.1, 0.15) is 39.7 Å². The van der Waals surface area contributed by atoms with Crippen LogP contribution in [0.5, 0.6) is 0 Å². The van der Waals surface area contributed by atoms with Gasteiger partial charge in [0.15, 0.2) is 0 Å². The Labute approximate surface area is 116 Å². The van der Waals surface area contributed by atoms with E-state index in [1.165, 1.54) is 0 Å². The first-order valence-electron chi connectivity index (χ1n) is 6.82. The van der Waals surface area contributed by atoms with E-state index in [1.54, 1.807) is 0 Å². The van der Waals surface area contributed by atoms with Gasteiger partial charge in [-0.05, 0) is 37.3 Å². The minimum absolute atomic E-state index is 0.0626. The molecule has 3 nitrogen and oxygen atoms in total. The molecule has 1 rings (SSSR count). The number of esters is 1. The molecular formula is C16H25NO2. The number of carbonyl (C=O) groups is 1. The summed E-state index contributed by atoms with van der Waals surface area (Å²) >= 11 is 0. The van der Waals surface area contributed by atoms with Crippen molar-refractivity contribution >= 4 is 11.7 Å². The zero-order chi connectivity index (χ0) is 14.5. The summed E-state index contributed by atoms with van der Waals surface area (Å²) in [6, 6.07) is 7.67. The fourth-order valence-electron chi connectivity index (χ4n) is 1.97. The van der Waals surface area contributed by atoms with Crippen LogP contribution in [0.2, 0.25) is 0 Å². The molecule has 0 aliphatic heterocycles. The molecule has 0 heterocycles. The van der Waals surface area contributed by atoms with Crippen molar-refractivity contribution in [3.05, 3.63) is 29.8 Å². The maximum Gasteiger partial charge on any atom is 0.328 e. The largest absolute Gasteiger partial charge is 0.464 e. The molecule has 1 aromatic rings. The highest BCUT2D eigenvalue weighted by Gasteiger charge is 2.26. The van der Waals surface area contributed by atoms with Gasteiger partial charge in [0.05, 0.1) is 6.61 Å². The zero-order valence-corrected chi connectivity index (χ0v) is 12.6. The van der Waals surface area contributed by atoms with E-state index in [4.69, 9.17) is 4.74 Å². The molecule has 1 atom stereocenters. The van der Waals surface area contributed by atoms with Crippen molar-refractivity contribution in [2.45, 2.75) is 47.1 Å². The Balaban J connectivity index is 2.85. The maximum absolute atomic E-state index is 12.1. The summed E-state index contributed by atoms with van der Waals surface area (Å²) in [5.41, 5.74) is 2.18. The first-order chi connectivity index (χ1) is 8.83. The minimum Gasteiger partial charge on any atom is -0.464 e. The summed E-state index contributed by atoms with van der Waals surface area (Å²) in [7, 11) is 0. The molecule has 0 aromatic heterocycles. The Morgan fingerprint density at radius 3 is 2.47 bits per heavy atom. The van der Waals surface area contributed by atoms with Gasteiger partial charge in [-0.25, -0.2) is 4.79 Å². The van der Waals surface area contributed by atoms with Crippen LogP contribution in [0.4, 0.5) is 5.69 Å². The van der Waals surface area contributed by atoms with Crippen molar-refractivity contribution in [3.63, 3.8) is 0 Å². The third kappa shape index (κ3) is 5.33. The zero-order valence-electron chi connectivity index (χ0n) is 12.6. The maximum atomic E-state index is 12.1. The highest BCUT2D eigenvalue weighted by molar-refractivity contribution is 5.79. The van der Waals surface area contributed by atoms with Gasteiger partial charge in [-0.2, -0.15) is 0 Å². The Morgan fingerprint density at radius 2 is 1.95 bits per heavy atom. The second-order valence-electron chi connectivity index (χ2n) is 6.03. The molecule has 3 heteroatoms. The monoisotopic (exact) mass is 263 g/mol. The van der Waals surface area contributed by atoms with Crippen LogP contribution in [0.3, 0.4) is 0 Å². The summed E-state index contributed by atoms with van der Waals surface area (Å²) in [5.74, 6) is -0.180. The summed E-state index contributed by atoms with van der Waals surface area (Å²) in [6.07, 6.45) is 0.736. The van der Waals surface area contributed by atoms with Crippen LogP contribution in [0.25, 0.3) is 0 Å². The SMILES string of the molecule is CCOC(=O)C(CC(C)(C)C)Nc1ccccc1C. The number of anilines is 1. The van der Waals surface area contributed by atoms with Crippen molar-refractivity contribution in [3.8, 4) is 0 Å². The molecule has 1 N–H and O–H groups in total. The number of aryl methyl sites for hydroxylation is 1. The first kappa shape index (κ1) is 15.5. The van der Waals surface area contributed by atoms with Gasteiger partial charge in [-0.15, -0.1) is 0 Å². The van der Waals surface area contributed by atoms with Crippen LogP contribution in [0.15, 0.2) is 24.3 Å². The molecule has 0 spiro atoms. The number of carbonyl (C=O) groups excluding carboxylic acids is 1. The van der Waals surface area contributed by atoms with Crippen molar-refractivity contribution in [1.29, 1.82) is 0 Å². The molecule has 106 valence electrons. The van der Waals surface area contributed by atoms with Crippen molar-refractivity contribution < 1.29 is 9.53 Å². The highest BCUT2D eigenvalue weighted by Crippen LogP contribution is 2.24. The van der Waals surface area contributed by atoms with E-state index in [0.717, 1.165) is 17.7 Å². The lowest BCUT2D eigenvalue weighted by molar-refractivity contribution is -0.144. The topological polar surface area (TPSA) is 38.3 Å². The van der Waals surface area contributed by atoms with Crippen LogP contribution >= 0.6 is 0 Å². The number of nitrogens with one attached hydrogen (secondary N) is 1. The van der Waals surface area contributed by atoms with Crippen LogP contribution in [-0.2, 0) is 9.53 Å². The van der Waals surface area contributed by atoms with E-state index in [9.17, 15) is 4.79 Å². The highest BCUT2D eigenvalue weighted by atomic mass is 16.5. The lowest BCUT2D eigenvalue weighted by atomic mass is 9.88. The third-order valence-electron chi connectivity index (χ3n) is 2.86. The molecule has 0 saturated carbocycles. The van der Waals surface area contributed by atoms with Crippen molar-refractivity contribution in [2.24, 2.45) is 5.41 Å². The number of ether oxygens (including phenoxy) is 1. The molecule has 0 radical (unpaired) electrons. The Bertz CT molecular complexity index is 421. The second kappa shape index (κ2) is 6.60.